The third-order valence-corrected chi connectivity index (χ3v) is 7.09. The monoisotopic (exact) mass is 480 g/mol. The maximum atomic E-state index is 13.1. The van der Waals surface area contributed by atoms with E-state index in [1.54, 1.807) is 4.68 Å². The normalized spacial score (nSPS) is 25.1. The molecule has 2 aromatic rings. The summed E-state index contributed by atoms with van der Waals surface area (Å²) in [7, 11) is 0. The molecule has 1 unspecified atom stereocenters. The van der Waals surface area contributed by atoms with Gasteiger partial charge in [0.2, 0.25) is 5.91 Å². The molecule has 3 aliphatic rings. The Morgan fingerprint density at radius 3 is 2.34 bits per heavy atom. The van der Waals surface area contributed by atoms with Crippen molar-refractivity contribution in [1.29, 1.82) is 0 Å². The van der Waals surface area contributed by atoms with Crippen molar-refractivity contribution in [3.63, 3.8) is 0 Å². The maximum absolute atomic E-state index is 13.1. The quantitative estimate of drug-likeness (QED) is 0.633. The third kappa shape index (κ3) is 5.45. The molecule has 1 aromatic heterocycles. The summed E-state index contributed by atoms with van der Waals surface area (Å²) < 4.78 is 1.77. The number of carbonyl (C=O) groups is 1. The Morgan fingerprint density at radius 1 is 1.06 bits per heavy atom. The molecule has 32 heavy (non-hydrogen) atoms. The van der Waals surface area contributed by atoms with Crippen LogP contribution in [0.15, 0.2) is 30.3 Å². The Hall–Kier alpha value is -1.67. The largest absolute Gasteiger partial charge is 0.340 e. The molecule has 1 saturated heterocycles. The van der Waals surface area contributed by atoms with E-state index in [0.29, 0.717) is 24.2 Å². The number of fused-ring (bicyclic) bond motifs is 2. The molecule has 1 aromatic carbocycles. The van der Waals surface area contributed by atoms with Crippen molar-refractivity contribution in [3.05, 3.63) is 47.5 Å². The van der Waals surface area contributed by atoms with Crippen molar-refractivity contribution < 1.29 is 4.79 Å². The Labute approximate surface area is 202 Å². The molecule has 0 spiro atoms. The van der Waals surface area contributed by atoms with Crippen LogP contribution < -0.4 is 11.5 Å². The van der Waals surface area contributed by atoms with E-state index in [1.165, 1.54) is 12.8 Å². The van der Waals surface area contributed by atoms with Crippen LogP contribution in [-0.4, -0.2) is 44.7 Å². The Kier molecular flexibility index (Phi) is 8.20. The Bertz CT molecular complexity index is 889. The number of aromatic nitrogens is 3. The second kappa shape index (κ2) is 10.5. The topological polar surface area (TPSA) is 103 Å². The van der Waals surface area contributed by atoms with E-state index in [9.17, 15) is 4.79 Å². The summed E-state index contributed by atoms with van der Waals surface area (Å²) in [6.45, 7) is 1.75. The van der Waals surface area contributed by atoms with Gasteiger partial charge in [-0.2, -0.15) is 5.10 Å². The molecule has 176 valence electrons. The lowest BCUT2D eigenvalue weighted by Gasteiger charge is -2.36. The van der Waals surface area contributed by atoms with E-state index < -0.39 is 0 Å². The van der Waals surface area contributed by atoms with Gasteiger partial charge in [-0.05, 0) is 55.4 Å². The van der Waals surface area contributed by atoms with Gasteiger partial charge in [0.1, 0.15) is 12.4 Å². The van der Waals surface area contributed by atoms with Gasteiger partial charge in [0.25, 0.3) is 0 Å². The second-order valence-corrected chi connectivity index (χ2v) is 9.46. The average molecular weight is 481 g/mol. The second-order valence-electron chi connectivity index (χ2n) is 9.46. The van der Waals surface area contributed by atoms with Gasteiger partial charge >= 0.3 is 0 Å². The molecule has 4 atom stereocenters. The fourth-order valence-corrected chi connectivity index (χ4v) is 5.12. The predicted octanol–water partition coefficient (Wildman–Crippen LogP) is 2.51. The van der Waals surface area contributed by atoms with Crippen molar-refractivity contribution in [2.75, 3.05) is 13.1 Å². The van der Waals surface area contributed by atoms with Crippen molar-refractivity contribution >= 4 is 30.7 Å². The minimum atomic E-state index is -0.286. The van der Waals surface area contributed by atoms with Crippen LogP contribution in [0, 0.1) is 17.8 Å². The molecule has 2 heterocycles. The van der Waals surface area contributed by atoms with Gasteiger partial charge in [0, 0.05) is 25.6 Å². The molecular formula is C23H34Cl2N6O. The van der Waals surface area contributed by atoms with Crippen LogP contribution in [-0.2, 0) is 24.2 Å². The first-order chi connectivity index (χ1) is 14.6. The minimum absolute atomic E-state index is 0. The molecule has 5 rings (SSSR count). The number of benzene rings is 1. The number of rotatable bonds is 7. The van der Waals surface area contributed by atoms with Crippen LogP contribution in [0.3, 0.4) is 0 Å². The van der Waals surface area contributed by atoms with Crippen LogP contribution in [0.25, 0.3) is 0 Å². The van der Waals surface area contributed by atoms with Crippen LogP contribution in [0.5, 0.6) is 0 Å². The number of carbonyl (C=O) groups excluding carboxylic acids is 1. The van der Waals surface area contributed by atoms with E-state index in [1.807, 2.05) is 23.1 Å². The third-order valence-electron chi connectivity index (χ3n) is 7.09. The SMILES string of the molecule is Cl.Cl.NC1[C@@H]2CC[C@H]1CN(C(=O)Cn1nc(CC3CC3)nc1[C@H](N)Cc1ccccc1)C2. The molecule has 3 fully saturated rings. The lowest BCUT2D eigenvalue weighted by Crippen LogP contribution is -2.51. The zero-order valence-electron chi connectivity index (χ0n) is 18.3. The van der Waals surface area contributed by atoms with Crippen LogP contribution in [0.4, 0.5) is 0 Å². The number of halogens is 2. The van der Waals surface area contributed by atoms with Gasteiger partial charge in [-0.25, -0.2) is 9.67 Å². The zero-order valence-corrected chi connectivity index (χ0v) is 19.9. The van der Waals surface area contributed by atoms with E-state index in [2.05, 4.69) is 12.1 Å². The number of likely N-dealkylation sites (tertiary alicyclic amines) is 1. The number of hydrogen-bond donors (Lipinski definition) is 2. The molecule has 2 bridgehead atoms. The highest BCUT2D eigenvalue weighted by Crippen LogP contribution is 2.36. The summed E-state index contributed by atoms with van der Waals surface area (Å²) in [5.41, 5.74) is 14.0. The van der Waals surface area contributed by atoms with Gasteiger partial charge in [0.05, 0.1) is 6.04 Å². The fourth-order valence-electron chi connectivity index (χ4n) is 5.12. The van der Waals surface area contributed by atoms with Crippen molar-refractivity contribution in [2.45, 2.75) is 57.2 Å². The lowest BCUT2D eigenvalue weighted by molar-refractivity contribution is -0.134. The number of piperidine rings is 1. The van der Waals surface area contributed by atoms with Gasteiger partial charge in [-0.15, -0.1) is 24.8 Å². The highest BCUT2D eigenvalue weighted by molar-refractivity contribution is 5.85. The molecule has 2 saturated carbocycles. The summed E-state index contributed by atoms with van der Waals surface area (Å²) in [6, 6.07) is 10.1. The number of nitrogens with two attached hydrogens (primary N) is 2. The standard InChI is InChI=1S/C23H32N6O.2ClH/c24-19(10-15-4-2-1-3-5-15)23-26-20(11-16-6-7-16)27-29(23)14-21(30)28-12-17-8-9-18(13-28)22(17)25;;/h1-5,16-19,22H,6-14,24-25H2;2*1H/t17-,18+,19-,22?;;/m1../s1. The minimum Gasteiger partial charge on any atom is -0.340 e. The highest BCUT2D eigenvalue weighted by Gasteiger charge is 2.41. The molecular weight excluding hydrogens is 447 g/mol. The van der Waals surface area contributed by atoms with Crippen LogP contribution >= 0.6 is 24.8 Å². The van der Waals surface area contributed by atoms with Crippen LogP contribution in [0.2, 0.25) is 0 Å². The molecule has 4 N–H and O–H groups in total. The zero-order chi connectivity index (χ0) is 20.7. The average Bonchev–Trinajstić information content (AvgIpc) is 3.43. The van der Waals surface area contributed by atoms with E-state index in [0.717, 1.165) is 49.6 Å². The van der Waals surface area contributed by atoms with Gasteiger partial charge in [0.15, 0.2) is 5.82 Å². The molecule has 7 nitrogen and oxygen atoms in total. The maximum Gasteiger partial charge on any atom is 0.244 e. The van der Waals surface area contributed by atoms with Crippen molar-refractivity contribution in [2.24, 2.45) is 29.2 Å². The summed E-state index contributed by atoms with van der Waals surface area (Å²) in [5, 5.41) is 4.71. The first-order valence-electron chi connectivity index (χ1n) is 11.3. The fraction of sp³-hybridized carbons (Fsp3) is 0.609. The first kappa shape index (κ1) is 25.0. The van der Waals surface area contributed by atoms with E-state index >= 15 is 0 Å². The molecule has 1 amide bonds. The first-order valence-corrected chi connectivity index (χ1v) is 11.3. The number of amides is 1. The summed E-state index contributed by atoms with van der Waals surface area (Å²) in [4.78, 5) is 19.9. The highest BCUT2D eigenvalue weighted by atomic mass is 35.5. The summed E-state index contributed by atoms with van der Waals surface area (Å²) >= 11 is 0. The van der Waals surface area contributed by atoms with E-state index in [-0.39, 0.29) is 49.3 Å². The summed E-state index contributed by atoms with van der Waals surface area (Å²) in [5.74, 6) is 3.22. The molecule has 2 aliphatic carbocycles. The van der Waals surface area contributed by atoms with Crippen molar-refractivity contribution in [3.8, 4) is 0 Å². The van der Waals surface area contributed by atoms with E-state index in [4.69, 9.17) is 21.5 Å². The Balaban J connectivity index is 0.00000144. The van der Waals surface area contributed by atoms with Gasteiger partial charge < -0.3 is 16.4 Å². The van der Waals surface area contributed by atoms with Gasteiger partial charge in [-0.1, -0.05) is 30.3 Å². The summed E-state index contributed by atoms with van der Waals surface area (Å²) in [6.07, 6.45) is 6.33. The molecule has 0 radical (unpaired) electrons. The van der Waals surface area contributed by atoms with Crippen molar-refractivity contribution in [1.82, 2.24) is 19.7 Å². The lowest BCUT2D eigenvalue weighted by atomic mass is 9.93. The predicted molar refractivity (Wildman–Crippen MR) is 129 cm³/mol. The number of nitrogens with zero attached hydrogens (tertiary/aromatic N) is 4. The molecule has 1 aliphatic heterocycles. The van der Waals surface area contributed by atoms with Gasteiger partial charge in [-0.3, -0.25) is 4.79 Å². The molecule has 9 heteroatoms. The van der Waals surface area contributed by atoms with Crippen LogP contribution in [0.1, 0.15) is 48.9 Å². The Morgan fingerprint density at radius 2 is 1.72 bits per heavy atom. The smallest absolute Gasteiger partial charge is 0.244 e. The number of hydrogen-bond acceptors (Lipinski definition) is 5.